The molecule has 0 aliphatic carbocycles. The molecule has 1 fully saturated rings. The molecule has 4 nitrogen and oxygen atoms in total. The van der Waals surface area contributed by atoms with Crippen LogP contribution in [-0.4, -0.2) is 30.1 Å². The van der Waals surface area contributed by atoms with Crippen LogP contribution in [0, 0.1) is 5.92 Å². The second kappa shape index (κ2) is 5.98. The lowest BCUT2D eigenvalue weighted by Crippen LogP contribution is -2.36. The van der Waals surface area contributed by atoms with Gasteiger partial charge in [-0.1, -0.05) is 34.1 Å². The molecule has 1 saturated heterocycles. The maximum Gasteiger partial charge on any atom is 0.138 e. The van der Waals surface area contributed by atoms with Crippen LogP contribution in [0.5, 0.6) is 0 Å². The zero-order chi connectivity index (χ0) is 14.8. The molecule has 20 heavy (non-hydrogen) atoms. The summed E-state index contributed by atoms with van der Waals surface area (Å²) in [5.41, 5.74) is -0.0262. The van der Waals surface area contributed by atoms with E-state index in [0.717, 1.165) is 36.5 Å². The highest BCUT2D eigenvalue weighted by atomic mass is 15.2. The molecule has 0 radical (unpaired) electrons. The SMILES string of the molecule is CCC1CCCN(c2cc(NC)nc(C(C)(C)C)n2)C1. The summed E-state index contributed by atoms with van der Waals surface area (Å²) in [6, 6.07) is 2.08. The molecule has 1 atom stereocenters. The van der Waals surface area contributed by atoms with E-state index in [-0.39, 0.29) is 5.41 Å². The Morgan fingerprint density at radius 2 is 2.10 bits per heavy atom. The first kappa shape index (κ1) is 15.1. The molecule has 0 saturated carbocycles. The number of hydrogen-bond donors (Lipinski definition) is 1. The van der Waals surface area contributed by atoms with E-state index in [0.29, 0.717) is 0 Å². The molecule has 1 aromatic heterocycles. The van der Waals surface area contributed by atoms with E-state index in [4.69, 9.17) is 4.98 Å². The van der Waals surface area contributed by atoms with Crippen molar-refractivity contribution in [3.63, 3.8) is 0 Å². The lowest BCUT2D eigenvalue weighted by Gasteiger charge is -2.34. The zero-order valence-electron chi connectivity index (χ0n) is 13.5. The van der Waals surface area contributed by atoms with Crippen molar-refractivity contribution in [2.45, 2.75) is 52.4 Å². The van der Waals surface area contributed by atoms with Gasteiger partial charge >= 0.3 is 0 Å². The second-order valence-electron chi connectivity index (χ2n) is 6.80. The molecule has 1 unspecified atom stereocenters. The Hall–Kier alpha value is -1.32. The van der Waals surface area contributed by atoms with Crippen LogP contribution < -0.4 is 10.2 Å². The van der Waals surface area contributed by atoms with Gasteiger partial charge in [0.15, 0.2) is 0 Å². The normalized spacial score (nSPS) is 20.1. The van der Waals surface area contributed by atoms with Crippen molar-refractivity contribution in [2.24, 2.45) is 5.92 Å². The monoisotopic (exact) mass is 276 g/mol. The van der Waals surface area contributed by atoms with E-state index < -0.39 is 0 Å². The van der Waals surface area contributed by atoms with Crippen LogP contribution in [0.1, 0.15) is 52.8 Å². The maximum atomic E-state index is 4.82. The number of hydrogen-bond acceptors (Lipinski definition) is 4. The first-order chi connectivity index (χ1) is 9.44. The summed E-state index contributed by atoms with van der Waals surface area (Å²) in [5, 5.41) is 3.17. The van der Waals surface area contributed by atoms with Gasteiger partial charge in [0.05, 0.1) is 0 Å². The van der Waals surface area contributed by atoms with Crippen molar-refractivity contribution in [3.05, 3.63) is 11.9 Å². The van der Waals surface area contributed by atoms with E-state index in [1.54, 1.807) is 0 Å². The van der Waals surface area contributed by atoms with Gasteiger partial charge in [-0.3, -0.25) is 0 Å². The first-order valence-corrected chi connectivity index (χ1v) is 7.76. The summed E-state index contributed by atoms with van der Waals surface area (Å²) in [5.74, 6) is 3.71. The molecular weight excluding hydrogens is 248 g/mol. The largest absolute Gasteiger partial charge is 0.373 e. The molecule has 1 aromatic rings. The molecule has 1 aliphatic rings. The average Bonchev–Trinajstić information content (AvgIpc) is 2.46. The summed E-state index contributed by atoms with van der Waals surface area (Å²) in [7, 11) is 1.92. The third-order valence-electron chi connectivity index (χ3n) is 4.06. The lowest BCUT2D eigenvalue weighted by molar-refractivity contribution is 0.402. The third-order valence-corrected chi connectivity index (χ3v) is 4.06. The number of nitrogens with zero attached hydrogens (tertiary/aromatic N) is 3. The minimum absolute atomic E-state index is 0.0262. The van der Waals surface area contributed by atoms with Crippen LogP contribution in [0.15, 0.2) is 6.07 Å². The minimum atomic E-state index is -0.0262. The highest BCUT2D eigenvalue weighted by molar-refractivity contribution is 5.50. The molecular formula is C16H28N4. The Balaban J connectivity index is 2.30. The maximum absolute atomic E-state index is 4.82. The van der Waals surface area contributed by atoms with Gasteiger partial charge in [0.2, 0.25) is 0 Å². The predicted octanol–water partition coefficient (Wildman–Crippen LogP) is 3.44. The molecule has 2 heterocycles. The predicted molar refractivity (Wildman–Crippen MR) is 85.5 cm³/mol. The minimum Gasteiger partial charge on any atom is -0.373 e. The van der Waals surface area contributed by atoms with Gasteiger partial charge in [-0.2, -0.15) is 0 Å². The molecule has 1 N–H and O–H groups in total. The summed E-state index contributed by atoms with van der Waals surface area (Å²) in [4.78, 5) is 11.9. The topological polar surface area (TPSA) is 41.0 Å². The molecule has 0 aromatic carbocycles. The van der Waals surface area contributed by atoms with Crippen molar-refractivity contribution >= 4 is 11.6 Å². The lowest BCUT2D eigenvalue weighted by atomic mass is 9.95. The van der Waals surface area contributed by atoms with Crippen molar-refractivity contribution in [3.8, 4) is 0 Å². The highest BCUT2D eigenvalue weighted by Gasteiger charge is 2.23. The van der Waals surface area contributed by atoms with Crippen molar-refractivity contribution in [1.29, 1.82) is 0 Å². The fourth-order valence-electron chi connectivity index (χ4n) is 2.67. The second-order valence-corrected chi connectivity index (χ2v) is 6.80. The van der Waals surface area contributed by atoms with Crippen LogP contribution in [0.2, 0.25) is 0 Å². The molecule has 4 heteroatoms. The Bertz CT molecular complexity index is 450. The first-order valence-electron chi connectivity index (χ1n) is 7.76. The van der Waals surface area contributed by atoms with E-state index in [1.807, 2.05) is 7.05 Å². The van der Waals surface area contributed by atoms with Gasteiger partial charge in [-0.05, 0) is 18.8 Å². The number of aromatic nitrogens is 2. The zero-order valence-corrected chi connectivity index (χ0v) is 13.5. The summed E-state index contributed by atoms with van der Waals surface area (Å²) in [6.45, 7) is 11.0. The Labute approximate surface area is 123 Å². The van der Waals surface area contributed by atoms with Gasteiger partial charge in [0.25, 0.3) is 0 Å². The number of rotatable bonds is 3. The molecule has 0 amide bonds. The van der Waals surface area contributed by atoms with Crippen LogP contribution in [-0.2, 0) is 5.41 Å². The van der Waals surface area contributed by atoms with Gasteiger partial charge in [-0.15, -0.1) is 0 Å². The van der Waals surface area contributed by atoms with E-state index in [2.05, 4.69) is 49.0 Å². The van der Waals surface area contributed by atoms with Crippen LogP contribution >= 0.6 is 0 Å². The van der Waals surface area contributed by atoms with E-state index >= 15 is 0 Å². The van der Waals surface area contributed by atoms with Crippen molar-refractivity contribution in [1.82, 2.24) is 9.97 Å². The van der Waals surface area contributed by atoms with Gasteiger partial charge in [0, 0.05) is 31.6 Å². The summed E-state index contributed by atoms with van der Waals surface area (Å²) >= 11 is 0. The summed E-state index contributed by atoms with van der Waals surface area (Å²) in [6.07, 6.45) is 3.87. The van der Waals surface area contributed by atoms with Gasteiger partial charge in [-0.25, -0.2) is 9.97 Å². The fourth-order valence-corrected chi connectivity index (χ4v) is 2.67. The smallest absolute Gasteiger partial charge is 0.138 e. The number of anilines is 2. The van der Waals surface area contributed by atoms with Crippen molar-refractivity contribution < 1.29 is 0 Å². The average molecular weight is 276 g/mol. The van der Waals surface area contributed by atoms with E-state index in [9.17, 15) is 0 Å². The van der Waals surface area contributed by atoms with Gasteiger partial charge < -0.3 is 10.2 Å². The van der Waals surface area contributed by atoms with Crippen LogP contribution in [0.4, 0.5) is 11.6 Å². The fraction of sp³-hybridized carbons (Fsp3) is 0.750. The Morgan fingerprint density at radius 3 is 2.70 bits per heavy atom. The summed E-state index contributed by atoms with van der Waals surface area (Å²) < 4.78 is 0. The molecule has 1 aliphatic heterocycles. The van der Waals surface area contributed by atoms with Crippen LogP contribution in [0.3, 0.4) is 0 Å². The molecule has 0 spiro atoms. The van der Waals surface area contributed by atoms with Crippen LogP contribution in [0.25, 0.3) is 0 Å². The Kier molecular flexibility index (Phi) is 4.51. The number of piperidine rings is 1. The third kappa shape index (κ3) is 3.41. The van der Waals surface area contributed by atoms with Gasteiger partial charge in [0.1, 0.15) is 17.5 Å². The van der Waals surface area contributed by atoms with E-state index in [1.165, 1.54) is 19.3 Å². The highest BCUT2D eigenvalue weighted by Crippen LogP contribution is 2.27. The standard InChI is InChI=1S/C16H28N4/c1-6-12-8-7-9-20(11-12)14-10-13(17-5)18-15(19-14)16(2,3)4/h10,12H,6-9,11H2,1-5H3,(H,17,18,19). The molecule has 112 valence electrons. The number of nitrogens with one attached hydrogen (secondary N) is 1. The Morgan fingerprint density at radius 1 is 1.35 bits per heavy atom. The molecule has 2 rings (SSSR count). The van der Waals surface area contributed by atoms with Crippen molar-refractivity contribution in [2.75, 3.05) is 30.4 Å². The molecule has 0 bridgehead atoms. The quantitative estimate of drug-likeness (QED) is 0.918.